The molecule has 1 atom stereocenters. The Morgan fingerprint density at radius 3 is 2.42 bits per heavy atom. The van der Waals surface area contributed by atoms with E-state index in [1.54, 1.807) is 12.1 Å². The van der Waals surface area contributed by atoms with Crippen LogP contribution in [0.4, 0.5) is 5.69 Å². The van der Waals surface area contributed by atoms with Gasteiger partial charge in [0.05, 0.1) is 28.9 Å². The minimum absolute atomic E-state index is 0.0788. The van der Waals surface area contributed by atoms with Crippen LogP contribution < -0.4 is 15.8 Å². The number of anilines is 1. The van der Waals surface area contributed by atoms with E-state index in [4.69, 9.17) is 15.9 Å². The summed E-state index contributed by atoms with van der Waals surface area (Å²) in [6.45, 7) is 5.85. The molecular formula is C26H27N5O2. The van der Waals surface area contributed by atoms with Crippen molar-refractivity contribution in [3.63, 3.8) is 0 Å². The van der Waals surface area contributed by atoms with Gasteiger partial charge < -0.3 is 20.8 Å². The second kappa shape index (κ2) is 9.16. The van der Waals surface area contributed by atoms with E-state index in [-0.39, 0.29) is 29.6 Å². The van der Waals surface area contributed by atoms with Gasteiger partial charge in [0, 0.05) is 16.8 Å². The van der Waals surface area contributed by atoms with Crippen LogP contribution in [0.15, 0.2) is 66.7 Å². The highest BCUT2D eigenvalue weighted by Gasteiger charge is 2.17. The van der Waals surface area contributed by atoms with Gasteiger partial charge in [-0.05, 0) is 62.7 Å². The van der Waals surface area contributed by atoms with Crippen LogP contribution in [0.3, 0.4) is 0 Å². The normalized spacial score (nSPS) is 12.0. The first kappa shape index (κ1) is 22.1. The van der Waals surface area contributed by atoms with Crippen molar-refractivity contribution < 1.29 is 9.53 Å². The van der Waals surface area contributed by atoms with Crippen LogP contribution in [0.1, 0.15) is 54.1 Å². The number of nitrogen functional groups attached to an aromatic ring is 1. The molecule has 0 bridgehead atoms. The summed E-state index contributed by atoms with van der Waals surface area (Å²) >= 11 is 0. The number of rotatable bonds is 7. The van der Waals surface area contributed by atoms with Crippen molar-refractivity contribution in [1.29, 1.82) is 5.41 Å². The Morgan fingerprint density at radius 2 is 1.76 bits per heavy atom. The van der Waals surface area contributed by atoms with Crippen LogP contribution in [0, 0.1) is 5.41 Å². The highest BCUT2D eigenvalue weighted by molar-refractivity contribution is 6.15. The van der Waals surface area contributed by atoms with Crippen molar-refractivity contribution in [2.45, 2.75) is 32.9 Å². The molecule has 0 aliphatic rings. The monoisotopic (exact) mass is 441 g/mol. The highest BCUT2D eigenvalue weighted by atomic mass is 16.5. The first-order valence-electron chi connectivity index (χ1n) is 10.8. The molecule has 0 aliphatic heterocycles. The number of fused-ring (bicyclic) bond motifs is 1. The van der Waals surface area contributed by atoms with Crippen LogP contribution in [0.2, 0.25) is 0 Å². The summed E-state index contributed by atoms with van der Waals surface area (Å²) in [6.07, 6.45) is 0.0788. The van der Waals surface area contributed by atoms with Crippen molar-refractivity contribution in [3.05, 3.63) is 89.2 Å². The first-order valence-corrected chi connectivity index (χ1v) is 10.8. The summed E-state index contributed by atoms with van der Waals surface area (Å²) in [6, 6.07) is 20.3. The number of amides is 1. The summed E-state index contributed by atoms with van der Waals surface area (Å²) in [5.74, 6) is 0.641. The number of nitrogens with zero attached hydrogens (tertiary/aromatic N) is 1. The van der Waals surface area contributed by atoms with Crippen LogP contribution in [0.25, 0.3) is 11.0 Å². The number of ether oxygens (including phenoxy) is 1. The number of benzene rings is 3. The number of aromatic nitrogens is 2. The molecule has 3 aromatic carbocycles. The molecule has 1 unspecified atom stereocenters. The van der Waals surface area contributed by atoms with E-state index in [0.717, 1.165) is 11.3 Å². The first-order chi connectivity index (χ1) is 15.8. The van der Waals surface area contributed by atoms with E-state index < -0.39 is 0 Å². The van der Waals surface area contributed by atoms with Gasteiger partial charge in [0.2, 0.25) is 0 Å². The Labute approximate surface area is 192 Å². The second-order valence-corrected chi connectivity index (χ2v) is 8.21. The molecule has 7 nitrogen and oxygen atoms in total. The highest BCUT2D eigenvalue weighted by Crippen LogP contribution is 2.24. The van der Waals surface area contributed by atoms with Crippen molar-refractivity contribution in [2.75, 3.05) is 5.73 Å². The van der Waals surface area contributed by atoms with Crippen LogP contribution in [-0.4, -0.2) is 27.7 Å². The third-order valence-corrected chi connectivity index (χ3v) is 5.30. The van der Waals surface area contributed by atoms with Crippen molar-refractivity contribution >= 4 is 28.3 Å². The van der Waals surface area contributed by atoms with Gasteiger partial charge in [-0.2, -0.15) is 0 Å². The van der Waals surface area contributed by atoms with Gasteiger partial charge in [-0.3, -0.25) is 10.2 Å². The number of carbonyl (C=O) groups excluding carboxylic acids is 1. The molecular weight excluding hydrogens is 414 g/mol. The molecule has 0 radical (unpaired) electrons. The average molecular weight is 442 g/mol. The molecule has 4 rings (SSSR count). The molecule has 0 saturated carbocycles. The largest absolute Gasteiger partial charge is 0.491 e. The Hall–Kier alpha value is -4.13. The predicted molar refractivity (Wildman–Crippen MR) is 131 cm³/mol. The zero-order valence-electron chi connectivity index (χ0n) is 18.8. The maximum absolute atomic E-state index is 12.7. The van der Waals surface area contributed by atoms with E-state index in [0.29, 0.717) is 27.8 Å². The second-order valence-electron chi connectivity index (χ2n) is 8.21. The zero-order chi connectivity index (χ0) is 23.5. The lowest BCUT2D eigenvalue weighted by atomic mass is 10.0. The SMILES string of the molecule is CC(C)Oc1ccc(C(=N)c2cc3nc(C(=O)NC(C)c4ccccc4)[nH]c3cc2N)cc1. The maximum Gasteiger partial charge on any atom is 0.287 e. The molecule has 4 aromatic rings. The molecule has 0 spiro atoms. The third-order valence-electron chi connectivity index (χ3n) is 5.30. The number of H-pyrrole nitrogens is 1. The number of hydrogen-bond acceptors (Lipinski definition) is 5. The molecule has 1 aromatic heterocycles. The van der Waals surface area contributed by atoms with E-state index in [1.807, 2.05) is 75.4 Å². The molecule has 0 fully saturated rings. The fraction of sp³-hybridized carbons (Fsp3) is 0.192. The lowest BCUT2D eigenvalue weighted by molar-refractivity contribution is 0.0930. The van der Waals surface area contributed by atoms with Gasteiger partial charge in [0.25, 0.3) is 5.91 Å². The number of aromatic amines is 1. The van der Waals surface area contributed by atoms with Crippen molar-refractivity contribution in [2.24, 2.45) is 0 Å². The minimum atomic E-state index is -0.307. The molecule has 1 amide bonds. The molecule has 5 N–H and O–H groups in total. The van der Waals surface area contributed by atoms with Gasteiger partial charge >= 0.3 is 0 Å². The topological polar surface area (TPSA) is 117 Å². The third kappa shape index (κ3) is 4.87. The van der Waals surface area contributed by atoms with E-state index in [1.165, 1.54) is 0 Å². The smallest absolute Gasteiger partial charge is 0.287 e. The van der Waals surface area contributed by atoms with Gasteiger partial charge in [0.15, 0.2) is 5.82 Å². The van der Waals surface area contributed by atoms with Gasteiger partial charge in [-0.25, -0.2) is 4.98 Å². The molecule has 1 heterocycles. The minimum Gasteiger partial charge on any atom is -0.491 e. The van der Waals surface area contributed by atoms with Crippen molar-refractivity contribution in [3.8, 4) is 5.75 Å². The van der Waals surface area contributed by atoms with Gasteiger partial charge in [0.1, 0.15) is 5.75 Å². The molecule has 0 aliphatic carbocycles. The molecule has 168 valence electrons. The molecule has 33 heavy (non-hydrogen) atoms. The Balaban J connectivity index is 1.56. The maximum atomic E-state index is 12.7. The fourth-order valence-corrected chi connectivity index (χ4v) is 3.62. The Kier molecular flexibility index (Phi) is 6.13. The standard InChI is InChI=1S/C26H27N5O2/c1-15(2)33-19-11-9-18(10-12-19)24(28)20-13-22-23(14-21(20)27)31-25(30-22)26(32)29-16(3)17-7-5-4-6-8-17/h4-16,28H,27H2,1-3H3,(H,29,32)(H,30,31). The lowest BCUT2D eigenvalue weighted by Crippen LogP contribution is -2.27. The lowest BCUT2D eigenvalue weighted by Gasteiger charge is -2.12. The number of nitrogens with two attached hydrogens (primary N) is 1. The van der Waals surface area contributed by atoms with Crippen molar-refractivity contribution in [1.82, 2.24) is 15.3 Å². The average Bonchev–Trinajstić information content (AvgIpc) is 3.22. The summed E-state index contributed by atoms with van der Waals surface area (Å²) < 4.78 is 5.67. The number of carbonyl (C=O) groups is 1. The van der Waals surface area contributed by atoms with Gasteiger partial charge in [-0.15, -0.1) is 0 Å². The molecule has 7 heteroatoms. The van der Waals surface area contributed by atoms with E-state index in [2.05, 4.69) is 15.3 Å². The number of imidazole rings is 1. The summed E-state index contributed by atoms with van der Waals surface area (Å²) in [5, 5.41) is 11.6. The van der Waals surface area contributed by atoms with Crippen LogP contribution >= 0.6 is 0 Å². The summed E-state index contributed by atoms with van der Waals surface area (Å²) in [7, 11) is 0. The molecule has 0 saturated heterocycles. The zero-order valence-corrected chi connectivity index (χ0v) is 18.8. The summed E-state index contributed by atoms with van der Waals surface area (Å²) in [5.41, 5.74) is 10.4. The number of hydrogen-bond donors (Lipinski definition) is 4. The van der Waals surface area contributed by atoms with Crippen LogP contribution in [0.5, 0.6) is 5.75 Å². The summed E-state index contributed by atoms with van der Waals surface area (Å²) in [4.78, 5) is 20.2. The fourth-order valence-electron chi connectivity index (χ4n) is 3.62. The predicted octanol–water partition coefficient (Wildman–Crippen LogP) is 4.84. The van der Waals surface area contributed by atoms with Gasteiger partial charge in [-0.1, -0.05) is 30.3 Å². The van der Waals surface area contributed by atoms with E-state index >= 15 is 0 Å². The quantitative estimate of drug-likeness (QED) is 0.242. The Bertz CT molecular complexity index is 1290. The Morgan fingerprint density at radius 1 is 1.06 bits per heavy atom. The van der Waals surface area contributed by atoms with Crippen LogP contribution in [-0.2, 0) is 0 Å². The van der Waals surface area contributed by atoms with E-state index in [9.17, 15) is 4.79 Å². The number of nitrogens with one attached hydrogen (secondary N) is 3.